The molecular formula is C16H15NO2. The fraction of sp³-hybridized carbons (Fsp3) is 0.188. The molecule has 0 saturated carbocycles. The maximum absolute atomic E-state index is 9.31. The van der Waals surface area contributed by atoms with Gasteiger partial charge in [-0.15, -0.1) is 0 Å². The van der Waals surface area contributed by atoms with Crippen molar-refractivity contribution in [1.82, 2.24) is 0 Å². The Morgan fingerprint density at radius 1 is 1.16 bits per heavy atom. The van der Waals surface area contributed by atoms with E-state index in [9.17, 15) is 5.11 Å². The van der Waals surface area contributed by atoms with Crippen LogP contribution in [0.2, 0.25) is 0 Å². The third-order valence-electron chi connectivity index (χ3n) is 2.89. The van der Waals surface area contributed by atoms with Crippen LogP contribution < -0.4 is 4.74 Å². The molecule has 0 aliphatic heterocycles. The van der Waals surface area contributed by atoms with Gasteiger partial charge >= 0.3 is 0 Å². The van der Waals surface area contributed by atoms with Gasteiger partial charge in [0.15, 0.2) is 0 Å². The van der Waals surface area contributed by atoms with E-state index in [1.807, 2.05) is 19.1 Å². The Bertz CT molecular complexity index is 597. The smallest absolute Gasteiger partial charge is 0.122 e. The van der Waals surface area contributed by atoms with Crippen molar-refractivity contribution in [2.75, 3.05) is 6.61 Å². The molecule has 2 aromatic carbocycles. The summed E-state index contributed by atoms with van der Waals surface area (Å²) in [5, 5.41) is 18.0. The van der Waals surface area contributed by atoms with Crippen LogP contribution in [0.5, 0.6) is 11.5 Å². The van der Waals surface area contributed by atoms with Crippen molar-refractivity contribution in [3.8, 4) is 17.6 Å². The summed E-state index contributed by atoms with van der Waals surface area (Å²) in [6, 6.07) is 14.6. The van der Waals surface area contributed by atoms with Crippen LogP contribution in [-0.2, 0) is 6.42 Å². The van der Waals surface area contributed by atoms with Gasteiger partial charge < -0.3 is 9.84 Å². The van der Waals surface area contributed by atoms with Crippen LogP contribution in [0, 0.1) is 18.3 Å². The summed E-state index contributed by atoms with van der Waals surface area (Å²) in [6.07, 6.45) is 0.784. The fourth-order valence-corrected chi connectivity index (χ4v) is 1.82. The van der Waals surface area contributed by atoms with Gasteiger partial charge in [0, 0.05) is 6.42 Å². The summed E-state index contributed by atoms with van der Waals surface area (Å²) in [4.78, 5) is 0. The van der Waals surface area contributed by atoms with Gasteiger partial charge in [0.2, 0.25) is 0 Å². The number of phenolic OH excluding ortho intramolecular Hbond substituents is 1. The van der Waals surface area contributed by atoms with Crippen molar-refractivity contribution in [2.45, 2.75) is 13.3 Å². The molecule has 0 saturated heterocycles. The monoisotopic (exact) mass is 253 g/mol. The second kappa shape index (κ2) is 5.92. The van der Waals surface area contributed by atoms with Gasteiger partial charge in [0.05, 0.1) is 18.2 Å². The second-order valence-corrected chi connectivity index (χ2v) is 4.36. The molecule has 0 aliphatic rings. The van der Waals surface area contributed by atoms with E-state index in [-0.39, 0.29) is 5.75 Å². The van der Waals surface area contributed by atoms with Gasteiger partial charge in [0.25, 0.3) is 0 Å². The molecule has 2 rings (SSSR count). The molecular weight excluding hydrogens is 238 g/mol. The molecule has 0 radical (unpaired) electrons. The lowest BCUT2D eigenvalue weighted by Crippen LogP contribution is -2.02. The van der Waals surface area contributed by atoms with Crippen LogP contribution >= 0.6 is 0 Å². The maximum atomic E-state index is 9.31. The largest absolute Gasteiger partial charge is 0.508 e. The van der Waals surface area contributed by atoms with Gasteiger partial charge in [-0.3, -0.25) is 0 Å². The predicted octanol–water partition coefficient (Wildman–Crippen LogP) is 3.19. The predicted molar refractivity (Wildman–Crippen MR) is 73.2 cm³/mol. The number of rotatable bonds is 4. The fourth-order valence-electron chi connectivity index (χ4n) is 1.82. The first-order valence-corrected chi connectivity index (χ1v) is 6.10. The molecule has 0 aliphatic carbocycles. The average molecular weight is 253 g/mol. The summed E-state index contributed by atoms with van der Waals surface area (Å²) in [5.74, 6) is 1.03. The SMILES string of the molecule is Cc1cc(O)ccc1OCCc1ccc(C#N)cc1. The highest BCUT2D eigenvalue weighted by molar-refractivity contribution is 5.38. The normalized spacial score (nSPS) is 9.89. The number of benzene rings is 2. The summed E-state index contributed by atoms with van der Waals surface area (Å²) < 4.78 is 5.68. The van der Waals surface area contributed by atoms with Crippen LogP contribution in [-0.4, -0.2) is 11.7 Å². The average Bonchev–Trinajstić information content (AvgIpc) is 2.42. The standard InChI is InChI=1S/C16H15NO2/c1-12-10-15(18)6-7-16(12)19-9-8-13-2-4-14(11-17)5-3-13/h2-7,10,18H,8-9H2,1H3. The molecule has 3 heteroatoms. The van der Waals surface area contributed by atoms with Crippen molar-refractivity contribution in [2.24, 2.45) is 0 Å². The van der Waals surface area contributed by atoms with E-state index in [4.69, 9.17) is 10.00 Å². The molecule has 0 bridgehead atoms. The van der Waals surface area contributed by atoms with Crippen LogP contribution in [0.4, 0.5) is 0 Å². The molecule has 19 heavy (non-hydrogen) atoms. The lowest BCUT2D eigenvalue weighted by atomic mass is 10.1. The zero-order valence-corrected chi connectivity index (χ0v) is 10.8. The number of aryl methyl sites for hydroxylation is 1. The van der Waals surface area contributed by atoms with Crippen molar-refractivity contribution < 1.29 is 9.84 Å². The molecule has 1 N–H and O–H groups in total. The Morgan fingerprint density at radius 2 is 1.89 bits per heavy atom. The van der Waals surface area contributed by atoms with E-state index in [0.717, 1.165) is 23.3 Å². The highest BCUT2D eigenvalue weighted by Crippen LogP contribution is 2.22. The van der Waals surface area contributed by atoms with E-state index >= 15 is 0 Å². The first-order valence-electron chi connectivity index (χ1n) is 6.10. The number of nitriles is 1. The summed E-state index contributed by atoms with van der Waals surface area (Å²) in [6.45, 7) is 2.47. The number of nitrogens with zero attached hydrogens (tertiary/aromatic N) is 1. The summed E-state index contributed by atoms with van der Waals surface area (Å²) in [5.41, 5.74) is 2.72. The maximum Gasteiger partial charge on any atom is 0.122 e. The molecule has 3 nitrogen and oxygen atoms in total. The Hall–Kier alpha value is -2.47. The molecule has 0 amide bonds. The van der Waals surface area contributed by atoms with E-state index in [0.29, 0.717) is 12.2 Å². The third kappa shape index (κ3) is 3.49. The minimum atomic E-state index is 0.247. The van der Waals surface area contributed by atoms with E-state index in [1.54, 1.807) is 30.3 Å². The summed E-state index contributed by atoms with van der Waals surface area (Å²) >= 11 is 0. The molecule has 0 fully saturated rings. The number of hydrogen-bond acceptors (Lipinski definition) is 3. The van der Waals surface area contributed by atoms with Crippen LogP contribution in [0.3, 0.4) is 0 Å². The molecule has 0 spiro atoms. The Morgan fingerprint density at radius 3 is 2.53 bits per heavy atom. The third-order valence-corrected chi connectivity index (χ3v) is 2.89. The number of ether oxygens (including phenoxy) is 1. The molecule has 0 aromatic heterocycles. The zero-order valence-electron chi connectivity index (χ0n) is 10.8. The molecule has 0 heterocycles. The van der Waals surface area contributed by atoms with Gasteiger partial charge in [-0.2, -0.15) is 5.26 Å². The van der Waals surface area contributed by atoms with E-state index < -0.39 is 0 Å². The molecule has 96 valence electrons. The minimum absolute atomic E-state index is 0.247. The van der Waals surface area contributed by atoms with Crippen molar-refractivity contribution in [3.05, 3.63) is 59.2 Å². The number of hydrogen-bond donors (Lipinski definition) is 1. The van der Waals surface area contributed by atoms with Gasteiger partial charge in [-0.05, 0) is 48.4 Å². The number of aromatic hydroxyl groups is 1. The first-order chi connectivity index (χ1) is 9.19. The lowest BCUT2D eigenvalue weighted by Gasteiger charge is -2.09. The minimum Gasteiger partial charge on any atom is -0.508 e. The van der Waals surface area contributed by atoms with Gasteiger partial charge in [-0.25, -0.2) is 0 Å². The highest BCUT2D eigenvalue weighted by Gasteiger charge is 2.01. The lowest BCUT2D eigenvalue weighted by molar-refractivity contribution is 0.319. The van der Waals surface area contributed by atoms with E-state index in [1.165, 1.54) is 0 Å². The molecule has 2 aromatic rings. The second-order valence-electron chi connectivity index (χ2n) is 4.36. The Balaban J connectivity index is 1.91. The van der Waals surface area contributed by atoms with Gasteiger partial charge in [-0.1, -0.05) is 12.1 Å². The van der Waals surface area contributed by atoms with E-state index in [2.05, 4.69) is 6.07 Å². The topological polar surface area (TPSA) is 53.2 Å². The first kappa shape index (κ1) is 13.0. The van der Waals surface area contributed by atoms with Crippen molar-refractivity contribution in [3.63, 3.8) is 0 Å². The zero-order chi connectivity index (χ0) is 13.7. The molecule has 0 atom stereocenters. The Labute approximate surface area is 112 Å². The summed E-state index contributed by atoms with van der Waals surface area (Å²) in [7, 11) is 0. The van der Waals surface area contributed by atoms with Crippen LogP contribution in [0.1, 0.15) is 16.7 Å². The Kier molecular flexibility index (Phi) is 4.04. The van der Waals surface area contributed by atoms with Gasteiger partial charge in [0.1, 0.15) is 11.5 Å². The molecule has 0 unspecified atom stereocenters. The number of phenols is 1. The van der Waals surface area contributed by atoms with Crippen molar-refractivity contribution in [1.29, 1.82) is 5.26 Å². The highest BCUT2D eigenvalue weighted by atomic mass is 16.5. The van der Waals surface area contributed by atoms with Crippen molar-refractivity contribution >= 4 is 0 Å². The van der Waals surface area contributed by atoms with Crippen LogP contribution in [0.25, 0.3) is 0 Å². The quantitative estimate of drug-likeness (QED) is 0.910. The van der Waals surface area contributed by atoms with Crippen LogP contribution in [0.15, 0.2) is 42.5 Å².